The number of halogens is 1. The van der Waals surface area contributed by atoms with Gasteiger partial charge in [0.25, 0.3) is 0 Å². The van der Waals surface area contributed by atoms with Crippen molar-refractivity contribution in [1.29, 1.82) is 0 Å². The molecule has 1 amide bonds. The van der Waals surface area contributed by atoms with Crippen LogP contribution < -0.4 is 4.90 Å². The number of anilines is 1. The van der Waals surface area contributed by atoms with E-state index in [1.54, 1.807) is 36.9 Å². The highest BCUT2D eigenvalue weighted by molar-refractivity contribution is 6.30. The average molecular weight is 396 g/mol. The van der Waals surface area contributed by atoms with Crippen LogP contribution in [0.4, 0.5) is 5.69 Å². The summed E-state index contributed by atoms with van der Waals surface area (Å²) in [5, 5.41) is 13.0. The lowest BCUT2D eigenvalue weighted by Crippen LogP contribution is -2.25. The van der Waals surface area contributed by atoms with Crippen molar-refractivity contribution in [1.82, 2.24) is 20.2 Å². The minimum absolute atomic E-state index is 0.00607. The van der Waals surface area contributed by atoms with Crippen LogP contribution in [-0.4, -0.2) is 38.4 Å². The third-order valence-electron chi connectivity index (χ3n) is 4.88. The fourth-order valence-electron chi connectivity index (χ4n) is 3.36. The lowest BCUT2D eigenvalue weighted by atomic mass is 10.0. The molecule has 7 nitrogen and oxygen atoms in total. The van der Waals surface area contributed by atoms with Crippen molar-refractivity contribution in [2.24, 2.45) is 0 Å². The van der Waals surface area contributed by atoms with Crippen LogP contribution in [0.3, 0.4) is 0 Å². The zero-order valence-electron chi connectivity index (χ0n) is 15.5. The van der Waals surface area contributed by atoms with Crippen LogP contribution in [0.5, 0.6) is 0 Å². The zero-order chi connectivity index (χ0) is 19.8. The predicted molar refractivity (Wildman–Crippen MR) is 105 cm³/mol. The molecule has 142 valence electrons. The van der Waals surface area contributed by atoms with E-state index in [9.17, 15) is 9.59 Å². The summed E-state index contributed by atoms with van der Waals surface area (Å²) in [5.41, 5.74) is 3.18. The Morgan fingerprint density at radius 3 is 2.75 bits per heavy atom. The SMILES string of the molecule is CC(=O)N1CCc2cc(C(=O)[C@@H](C)n3nnc(-c4cccc(Cl)c4)n3)ccc21. The fourth-order valence-corrected chi connectivity index (χ4v) is 3.55. The Morgan fingerprint density at radius 2 is 2.00 bits per heavy atom. The number of tetrazole rings is 1. The van der Waals surface area contributed by atoms with Crippen molar-refractivity contribution < 1.29 is 9.59 Å². The van der Waals surface area contributed by atoms with Gasteiger partial charge in [-0.2, -0.15) is 4.80 Å². The molecule has 0 saturated carbocycles. The number of nitrogens with zero attached hydrogens (tertiary/aromatic N) is 5. The van der Waals surface area contributed by atoms with Gasteiger partial charge in [-0.15, -0.1) is 10.2 Å². The third-order valence-corrected chi connectivity index (χ3v) is 5.11. The Labute approximate surface area is 166 Å². The lowest BCUT2D eigenvalue weighted by molar-refractivity contribution is -0.116. The molecule has 4 rings (SSSR count). The summed E-state index contributed by atoms with van der Waals surface area (Å²) in [6.45, 7) is 3.93. The molecule has 0 spiro atoms. The quantitative estimate of drug-likeness (QED) is 0.633. The number of ketones is 1. The normalized spacial score (nSPS) is 14.0. The number of rotatable bonds is 4. The van der Waals surface area contributed by atoms with E-state index in [2.05, 4.69) is 15.4 Å². The minimum atomic E-state index is -0.608. The van der Waals surface area contributed by atoms with Gasteiger partial charge in [-0.05, 0) is 54.5 Å². The van der Waals surface area contributed by atoms with Gasteiger partial charge in [-0.25, -0.2) is 0 Å². The molecule has 0 fully saturated rings. The van der Waals surface area contributed by atoms with Gasteiger partial charge in [0.2, 0.25) is 11.7 Å². The molecule has 2 aromatic carbocycles. The summed E-state index contributed by atoms with van der Waals surface area (Å²) in [6, 6.07) is 12.0. The van der Waals surface area contributed by atoms with E-state index in [4.69, 9.17) is 11.6 Å². The minimum Gasteiger partial charge on any atom is -0.312 e. The number of carbonyl (C=O) groups is 2. The Kier molecular flexibility index (Phi) is 4.68. The monoisotopic (exact) mass is 395 g/mol. The molecule has 0 unspecified atom stereocenters. The fraction of sp³-hybridized carbons (Fsp3) is 0.250. The highest BCUT2D eigenvalue weighted by Gasteiger charge is 2.25. The molecule has 28 heavy (non-hydrogen) atoms. The first-order valence-corrected chi connectivity index (χ1v) is 9.32. The number of fused-ring (bicyclic) bond motifs is 1. The van der Waals surface area contributed by atoms with Gasteiger partial charge in [0.05, 0.1) is 0 Å². The number of benzene rings is 2. The van der Waals surface area contributed by atoms with Crippen molar-refractivity contribution in [2.45, 2.75) is 26.3 Å². The smallest absolute Gasteiger partial charge is 0.223 e. The summed E-state index contributed by atoms with van der Waals surface area (Å²) >= 11 is 6.01. The van der Waals surface area contributed by atoms with E-state index in [0.29, 0.717) is 23.0 Å². The van der Waals surface area contributed by atoms with E-state index in [-0.39, 0.29) is 11.7 Å². The second-order valence-electron chi connectivity index (χ2n) is 6.75. The topological polar surface area (TPSA) is 81.0 Å². The number of aromatic nitrogens is 4. The number of Topliss-reactive ketones (excluding diaryl/α,β-unsaturated/α-hetero) is 1. The van der Waals surface area contributed by atoms with Crippen LogP contribution in [0.2, 0.25) is 5.02 Å². The molecule has 0 saturated heterocycles. The van der Waals surface area contributed by atoms with E-state index >= 15 is 0 Å². The van der Waals surface area contributed by atoms with Gasteiger partial charge >= 0.3 is 0 Å². The van der Waals surface area contributed by atoms with E-state index < -0.39 is 6.04 Å². The summed E-state index contributed by atoms with van der Waals surface area (Å²) in [4.78, 5) is 27.7. The van der Waals surface area contributed by atoms with Crippen LogP contribution in [0.1, 0.15) is 35.8 Å². The molecule has 0 aliphatic carbocycles. The zero-order valence-corrected chi connectivity index (χ0v) is 16.2. The molecule has 1 atom stereocenters. The van der Waals surface area contributed by atoms with Gasteiger partial charge in [0.1, 0.15) is 6.04 Å². The first-order valence-electron chi connectivity index (χ1n) is 8.95. The van der Waals surface area contributed by atoms with E-state index in [0.717, 1.165) is 23.2 Å². The van der Waals surface area contributed by atoms with Gasteiger partial charge < -0.3 is 4.90 Å². The number of amides is 1. The maximum absolute atomic E-state index is 12.9. The summed E-state index contributed by atoms with van der Waals surface area (Å²) in [6.07, 6.45) is 0.741. The van der Waals surface area contributed by atoms with E-state index in [1.807, 2.05) is 24.3 Å². The van der Waals surface area contributed by atoms with Gasteiger partial charge in [-0.3, -0.25) is 9.59 Å². The van der Waals surface area contributed by atoms with Gasteiger partial charge in [-0.1, -0.05) is 23.7 Å². The second kappa shape index (κ2) is 7.16. The second-order valence-corrected chi connectivity index (χ2v) is 7.18. The first kappa shape index (κ1) is 18.3. The molecular weight excluding hydrogens is 378 g/mol. The standard InChI is InChI=1S/C20H18ClN5O2/c1-12(26-23-20(22-24-26)16-4-3-5-17(21)11-16)19(28)15-6-7-18-14(10-15)8-9-25(18)13(2)27/h3-7,10-12H,8-9H2,1-2H3/t12-/m1/s1. The number of hydrogen-bond acceptors (Lipinski definition) is 5. The predicted octanol–water partition coefficient (Wildman–Crippen LogP) is 3.35. The Hall–Kier alpha value is -3.06. The molecule has 0 N–H and O–H groups in total. The summed E-state index contributed by atoms with van der Waals surface area (Å²) in [7, 11) is 0. The maximum Gasteiger partial charge on any atom is 0.223 e. The Bertz CT molecular complexity index is 1080. The van der Waals surface area contributed by atoms with E-state index in [1.165, 1.54) is 4.80 Å². The molecule has 2 heterocycles. The molecule has 3 aromatic rings. The lowest BCUT2D eigenvalue weighted by Gasteiger charge is -2.15. The Balaban J connectivity index is 1.57. The largest absolute Gasteiger partial charge is 0.312 e. The molecule has 1 aromatic heterocycles. The van der Waals surface area contributed by atoms with Crippen molar-refractivity contribution in [3.8, 4) is 11.4 Å². The molecule has 1 aliphatic heterocycles. The molecule has 8 heteroatoms. The third kappa shape index (κ3) is 3.29. The van der Waals surface area contributed by atoms with Crippen molar-refractivity contribution in [3.05, 3.63) is 58.6 Å². The van der Waals surface area contributed by atoms with Crippen molar-refractivity contribution >= 4 is 29.0 Å². The summed E-state index contributed by atoms with van der Waals surface area (Å²) < 4.78 is 0. The van der Waals surface area contributed by atoms with Crippen LogP contribution in [0, 0.1) is 0 Å². The average Bonchev–Trinajstić information content (AvgIpc) is 3.33. The van der Waals surface area contributed by atoms with Gasteiger partial charge in [0.15, 0.2) is 5.78 Å². The first-order chi connectivity index (χ1) is 13.4. The Morgan fingerprint density at radius 1 is 1.18 bits per heavy atom. The highest BCUT2D eigenvalue weighted by atomic mass is 35.5. The van der Waals surface area contributed by atoms with Crippen LogP contribution in [0.15, 0.2) is 42.5 Å². The molecule has 0 radical (unpaired) electrons. The maximum atomic E-state index is 12.9. The van der Waals surface area contributed by atoms with Gasteiger partial charge in [0, 0.05) is 35.3 Å². The number of hydrogen-bond donors (Lipinski definition) is 0. The molecule has 0 bridgehead atoms. The molecular formula is C20H18ClN5O2. The van der Waals surface area contributed by atoms with Crippen LogP contribution in [-0.2, 0) is 11.2 Å². The highest BCUT2D eigenvalue weighted by Crippen LogP contribution is 2.30. The summed E-state index contributed by atoms with van der Waals surface area (Å²) in [5.74, 6) is 0.305. The van der Waals surface area contributed by atoms with Crippen molar-refractivity contribution in [2.75, 3.05) is 11.4 Å². The van der Waals surface area contributed by atoms with Crippen molar-refractivity contribution in [3.63, 3.8) is 0 Å². The van der Waals surface area contributed by atoms with Crippen LogP contribution >= 0.6 is 11.6 Å². The van der Waals surface area contributed by atoms with Crippen LogP contribution in [0.25, 0.3) is 11.4 Å². The number of carbonyl (C=O) groups excluding carboxylic acids is 2. The molecule has 1 aliphatic rings.